The van der Waals surface area contributed by atoms with Crippen LogP contribution in [0, 0.1) is 0 Å². The summed E-state index contributed by atoms with van der Waals surface area (Å²) in [6, 6.07) is 13.5. The first-order valence-electron chi connectivity index (χ1n) is 11.8. The van der Waals surface area contributed by atoms with Gasteiger partial charge < -0.3 is 23.6 Å². The van der Waals surface area contributed by atoms with Gasteiger partial charge in [0.2, 0.25) is 17.6 Å². The number of hydrogen-bond donors (Lipinski definition) is 0. The van der Waals surface area contributed by atoms with Crippen LogP contribution in [0.3, 0.4) is 0 Å². The first-order chi connectivity index (χ1) is 16.6. The summed E-state index contributed by atoms with van der Waals surface area (Å²) < 4.78 is 22.6. The maximum atomic E-state index is 12.7. The van der Waals surface area contributed by atoms with Gasteiger partial charge in [-0.2, -0.15) is 4.98 Å². The molecule has 1 aliphatic heterocycles. The van der Waals surface area contributed by atoms with Crippen LogP contribution in [0.5, 0.6) is 17.2 Å². The highest BCUT2D eigenvalue weighted by Gasteiger charge is 2.34. The number of nitrogens with zero attached hydrogens (tertiary/aromatic N) is 3. The van der Waals surface area contributed by atoms with Gasteiger partial charge in [0.1, 0.15) is 5.75 Å². The standard InChI is InChI=1S/C26H31N3O5/c1-4-31-21-10-8-7-9-20(21)25-27-26(34-28-25)19-16-24(30)29(17-19)14-13-18-11-12-22(32-5-2)23(15-18)33-6-3/h7-12,15,19H,4-6,13-14,16-17H2,1-3H3. The Labute approximate surface area is 199 Å². The van der Waals surface area contributed by atoms with Gasteiger partial charge in [-0.05, 0) is 57.0 Å². The summed E-state index contributed by atoms with van der Waals surface area (Å²) in [6.07, 6.45) is 1.09. The molecule has 34 heavy (non-hydrogen) atoms. The van der Waals surface area contributed by atoms with E-state index < -0.39 is 0 Å². The molecule has 2 aromatic carbocycles. The monoisotopic (exact) mass is 465 g/mol. The van der Waals surface area contributed by atoms with Crippen LogP contribution in [-0.2, 0) is 11.2 Å². The molecule has 1 saturated heterocycles. The second-order valence-electron chi connectivity index (χ2n) is 8.02. The molecule has 1 aromatic heterocycles. The number of hydrogen-bond acceptors (Lipinski definition) is 7. The van der Waals surface area contributed by atoms with Crippen molar-refractivity contribution in [2.24, 2.45) is 0 Å². The van der Waals surface area contributed by atoms with Gasteiger partial charge in [0.05, 0.1) is 31.3 Å². The van der Waals surface area contributed by atoms with Crippen LogP contribution >= 0.6 is 0 Å². The summed E-state index contributed by atoms with van der Waals surface area (Å²) in [5.41, 5.74) is 1.87. The Balaban J connectivity index is 1.40. The average molecular weight is 466 g/mol. The number of rotatable bonds is 11. The lowest BCUT2D eigenvalue weighted by molar-refractivity contribution is -0.127. The zero-order chi connectivity index (χ0) is 23.9. The van der Waals surface area contributed by atoms with E-state index in [-0.39, 0.29) is 11.8 Å². The molecule has 1 atom stereocenters. The molecular weight excluding hydrogens is 434 g/mol. The van der Waals surface area contributed by atoms with Crippen molar-refractivity contribution in [3.63, 3.8) is 0 Å². The molecule has 8 heteroatoms. The smallest absolute Gasteiger partial charge is 0.232 e. The number of ether oxygens (including phenoxy) is 3. The number of carbonyl (C=O) groups excluding carboxylic acids is 1. The first kappa shape index (κ1) is 23.6. The number of likely N-dealkylation sites (tertiary alicyclic amines) is 1. The number of benzene rings is 2. The van der Waals surface area contributed by atoms with Gasteiger partial charge in [-0.25, -0.2) is 0 Å². The SMILES string of the molecule is CCOc1ccc(CCN2CC(c3nc(-c4ccccc4OCC)no3)CC2=O)cc1OCC. The van der Waals surface area contributed by atoms with E-state index >= 15 is 0 Å². The van der Waals surface area contributed by atoms with Crippen molar-refractivity contribution < 1.29 is 23.5 Å². The summed E-state index contributed by atoms with van der Waals surface area (Å²) in [7, 11) is 0. The van der Waals surface area contributed by atoms with Crippen LogP contribution in [0.15, 0.2) is 47.0 Å². The molecule has 1 unspecified atom stereocenters. The highest BCUT2D eigenvalue weighted by atomic mass is 16.5. The Bertz CT molecular complexity index is 1110. The zero-order valence-corrected chi connectivity index (χ0v) is 20.0. The highest BCUT2D eigenvalue weighted by molar-refractivity contribution is 5.79. The van der Waals surface area contributed by atoms with Crippen LogP contribution in [0.1, 0.15) is 44.6 Å². The van der Waals surface area contributed by atoms with Gasteiger partial charge >= 0.3 is 0 Å². The van der Waals surface area contributed by atoms with Crippen molar-refractivity contribution in [2.45, 2.75) is 39.5 Å². The van der Waals surface area contributed by atoms with Crippen molar-refractivity contribution in [3.05, 3.63) is 53.9 Å². The summed E-state index contributed by atoms with van der Waals surface area (Å²) in [5.74, 6) is 3.12. The third kappa shape index (κ3) is 5.32. The maximum absolute atomic E-state index is 12.7. The number of para-hydroxylation sites is 1. The predicted octanol–water partition coefficient (Wildman–Crippen LogP) is 4.49. The van der Waals surface area contributed by atoms with E-state index in [1.54, 1.807) is 0 Å². The minimum absolute atomic E-state index is 0.0930. The molecule has 0 radical (unpaired) electrons. The van der Waals surface area contributed by atoms with Gasteiger partial charge in [0.15, 0.2) is 11.5 Å². The molecule has 0 N–H and O–H groups in total. The Hall–Kier alpha value is -3.55. The van der Waals surface area contributed by atoms with Gasteiger partial charge in [0.25, 0.3) is 0 Å². The molecule has 0 bridgehead atoms. The molecule has 1 aliphatic rings. The molecular formula is C26H31N3O5. The summed E-state index contributed by atoms with van der Waals surface area (Å²) in [5, 5.41) is 4.15. The molecule has 180 valence electrons. The van der Waals surface area contributed by atoms with Crippen LogP contribution in [0.25, 0.3) is 11.4 Å². The molecule has 1 fully saturated rings. The topological polar surface area (TPSA) is 86.9 Å². The Kier molecular flexibility index (Phi) is 7.67. The molecule has 4 rings (SSSR count). The van der Waals surface area contributed by atoms with Crippen LogP contribution in [0.2, 0.25) is 0 Å². The molecule has 2 heterocycles. The van der Waals surface area contributed by atoms with E-state index in [2.05, 4.69) is 10.1 Å². The predicted molar refractivity (Wildman–Crippen MR) is 127 cm³/mol. The second kappa shape index (κ2) is 11.0. The molecule has 8 nitrogen and oxygen atoms in total. The van der Waals surface area contributed by atoms with Crippen LogP contribution < -0.4 is 14.2 Å². The zero-order valence-electron chi connectivity index (χ0n) is 20.0. The lowest BCUT2D eigenvalue weighted by Gasteiger charge is -2.17. The van der Waals surface area contributed by atoms with Gasteiger partial charge in [0, 0.05) is 19.5 Å². The van der Waals surface area contributed by atoms with E-state index in [9.17, 15) is 4.79 Å². The number of carbonyl (C=O) groups is 1. The first-order valence-corrected chi connectivity index (χ1v) is 11.8. The fraction of sp³-hybridized carbons (Fsp3) is 0.423. The highest BCUT2D eigenvalue weighted by Crippen LogP contribution is 2.32. The van der Waals surface area contributed by atoms with Crippen LogP contribution in [0.4, 0.5) is 0 Å². The van der Waals surface area contributed by atoms with E-state index in [0.29, 0.717) is 56.8 Å². The average Bonchev–Trinajstić information content (AvgIpc) is 3.47. The lowest BCUT2D eigenvalue weighted by Crippen LogP contribution is -2.27. The van der Waals surface area contributed by atoms with E-state index in [1.807, 2.05) is 68.1 Å². The van der Waals surface area contributed by atoms with E-state index in [1.165, 1.54) is 0 Å². The fourth-order valence-corrected chi connectivity index (χ4v) is 4.11. The maximum Gasteiger partial charge on any atom is 0.232 e. The van der Waals surface area contributed by atoms with Crippen molar-refractivity contribution in [1.29, 1.82) is 0 Å². The third-order valence-corrected chi connectivity index (χ3v) is 5.71. The molecule has 0 aliphatic carbocycles. The van der Waals surface area contributed by atoms with Gasteiger partial charge in [-0.15, -0.1) is 0 Å². The normalized spacial score (nSPS) is 15.6. The lowest BCUT2D eigenvalue weighted by atomic mass is 10.1. The Morgan fingerprint density at radius 1 is 0.971 bits per heavy atom. The molecule has 0 saturated carbocycles. The Morgan fingerprint density at radius 2 is 1.71 bits per heavy atom. The fourth-order valence-electron chi connectivity index (χ4n) is 4.11. The van der Waals surface area contributed by atoms with Crippen molar-refractivity contribution in [1.82, 2.24) is 15.0 Å². The minimum Gasteiger partial charge on any atom is -0.493 e. The minimum atomic E-state index is -0.118. The second-order valence-corrected chi connectivity index (χ2v) is 8.02. The van der Waals surface area contributed by atoms with Gasteiger partial charge in [-0.3, -0.25) is 4.79 Å². The number of amides is 1. The third-order valence-electron chi connectivity index (χ3n) is 5.71. The molecule has 3 aromatic rings. The molecule has 0 spiro atoms. The summed E-state index contributed by atoms with van der Waals surface area (Å²) in [4.78, 5) is 19.1. The number of aromatic nitrogens is 2. The van der Waals surface area contributed by atoms with E-state index in [4.69, 9.17) is 18.7 Å². The Morgan fingerprint density at radius 3 is 2.50 bits per heavy atom. The van der Waals surface area contributed by atoms with Crippen LogP contribution in [-0.4, -0.2) is 53.9 Å². The van der Waals surface area contributed by atoms with Crippen molar-refractivity contribution in [2.75, 3.05) is 32.9 Å². The summed E-state index contributed by atoms with van der Waals surface area (Å²) >= 11 is 0. The molecule has 1 amide bonds. The van der Waals surface area contributed by atoms with Crippen molar-refractivity contribution in [3.8, 4) is 28.6 Å². The summed E-state index contributed by atoms with van der Waals surface area (Å²) in [6.45, 7) is 8.70. The van der Waals surface area contributed by atoms with Crippen molar-refractivity contribution >= 4 is 5.91 Å². The van der Waals surface area contributed by atoms with Gasteiger partial charge in [-0.1, -0.05) is 23.4 Å². The largest absolute Gasteiger partial charge is 0.493 e. The quantitative estimate of drug-likeness (QED) is 0.412. The van der Waals surface area contributed by atoms with E-state index in [0.717, 1.165) is 29.0 Å².